The molecule has 1 saturated heterocycles. The fraction of sp³-hybridized carbons (Fsp3) is 0.692. The van der Waals surface area contributed by atoms with E-state index in [1.54, 1.807) is 0 Å². The number of morpholine rings is 1. The molecular formula is C13H22ClN3O2S. The zero-order valence-electron chi connectivity index (χ0n) is 12.1. The van der Waals surface area contributed by atoms with Crippen LogP contribution < -0.4 is 10.6 Å². The summed E-state index contributed by atoms with van der Waals surface area (Å²) in [6, 6.07) is 0.107. The Morgan fingerprint density at radius 1 is 1.60 bits per heavy atom. The first-order chi connectivity index (χ1) is 8.95. The molecule has 1 fully saturated rings. The van der Waals surface area contributed by atoms with E-state index in [0.717, 1.165) is 13.2 Å². The van der Waals surface area contributed by atoms with Crippen molar-refractivity contribution < 1.29 is 9.53 Å². The molecule has 114 valence electrons. The third-order valence-electron chi connectivity index (χ3n) is 2.92. The smallest absolute Gasteiger partial charge is 0.227 e. The Hall–Kier alpha value is -0.690. The van der Waals surface area contributed by atoms with Crippen LogP contribution in [0.4, 0.5) is 5.13 Å². The van der Waals surface area contributed by atoms with Gasteiger partial charge in [0.1, 0.15) is 0 Å². The fourth-order valence-electron chi connectivity index (χ4n) is 1.82. The number of carbonyl (C=O) groups excluding carboxylic acids is 1. The van der Waals surface area contributed by atoms with E-state index in [0.29, 0.717) is 18.2 Å². The molecule has 7 heteroatoms. The average Bonchev–Trinajstić information content (AvgIpc) is 2.78. The summed E-state index contributed by atoms with van der Waals surface area (Å²) in [5.74, 6) is -0.0159. The van der Waals surface area contributed by atoms with Crippen LogP contribution in [0.3, 0.4) is 0 Å². The van der Waals surface area contributed by atoms with E-state index in [4.69, 9.17) is 4.74 Å². The van der Waals surface area contributed by atoms with E-state index in [1.807, 2.05) is 6.20 Å². The summed E-state index contributed by atoms with van der Waals surface area (Å²) in [5.41, 5.74) is 0.0689. The first-order valence-corrected chi connectivity index (χ1v) is 7.34. The number of aromatic nitrogens is 1. The maximum atomic E-state index is 11.9. The number of anilines is 1. The maximum Gasteiger partial charge on any atom is 0.227 e. The van der Waals surface area contributed by atoms with Gasteiger partial charge in [-0.2, -0.15) is 0 Å². The van der Waals surface area contributed by atoms with Crippen LogP contribution in [0, 0.1) is 0 Å². The second kappa shape index (κ2) is 7.36. The van der Waals surface area contributed by atoms with Gasteiger partial charge in [-0.15, -0.1) is 23.7 Å². The summed E-state index contributed by atoms with van der Waals surface area (Å²) in [4.78, 5) is 17.3. The van der Waals surface area contributed by atoms with Crippen LogP contribution in [0.2, 0.25) is 0 Å². The van der Waals surface area contributed by atoms with Crippen LogP contribution in [0.25, 0.3) is 0 Å². The molecule has 2 heterocycles. The highest BCUT2D eigenvalue weighted by Crippen LogP contribution is 2.30. The molecule has 0 aliphatic carbocycles. The van der Waals surface area contributed by atoms with E-state index < -0.39 is 0 Å². The molecule has 5 nitrogen and oxygen atoms in total. The Morgan fingerprint density at radius 2 is 2.35 bits per heavy atom. The highest BCUT2D eigenvalue weighted by Gasteiger charge is 2.20. The molecule has 1 amide bonds. The molecule has 1 aliphatic heterocycles. The third-order valence-corrected chi connectivity index (χ3v) is 4.26. The van der Waals surface area contributed by atoms with Gasteiger partial charge in [0.15, 0.2) is 5.13 Å². The molecule has 1 aromatic rings. The van der Waals surface area contributed by atoms with Gasteiger partial charge in [-0.3, -0.25) is 4.79 Å². The van der Waals surface area contributed by atoms with E-state index in [9.17, 15) is 4.79 Å². The summed E-state index contributed by atoms with van der Waals surface area (Å²) in [5, 5.41) is 6.79. The van der Waals surface area contributed by atoms with Gasteiger partial charge in [0.25, 0.3) is 0 Å². The molecule has 2 rings (SSSR count). The number of carbonyl (C=O) groups is 1. The first kappa shape index (κ1) is 17.4. The van der Waals surface area contributed by atoms with Crippen molar-refractivity contribution >= 4 is 34.8 Å². The van der Waals surface area contributed by atoms with Crippen molar-refractivity contribution in [1.82, 2.24) is 10.3 Å². The maximum absolute atomic E-state index is 11.9. The number of ether oxygens (including phenoxy) is 1. The van der Waals surface area contributed by atoms with Crippen LogP contribution in [0.15, 0.2) is 6.20 Å². The lowest BCUT2D eigenvalue weighted by Gasteiger charge is -2.22. The lowest BCUT2D eigenvalue weighted by molar-refractivity contribution is -0.117. The van der Waals surface area contributed by atoms with E-state index in [1.165, 1.54) is 16.2 Å². The molecule has 1 aliphatic rings. The fourth-order valence-corrected chi connectivity index (χ4v) is 2.71. The highest BCUT2D eigenvalue weighted by molar-refractivity contribution is 7.15. The number of nitrogens with one attached hydrogen (secondary N) is 2. The van der Waals surface area contributed by atoms with Gasteiger partial charge in [-0.25, -0.2) is 4.98 Å². The molecule has 2 N–H and O–H groups in total. The zero-order valence-corrected chi connectivity index (χ0v) is 13.7. The minimum absolute atomic E-state index is 0. The Bertz CT molecular complexity index is 439. The van der Waals surface area contributed by atoms with Crippen LogP contribution in [-0.4, -0.2) is 36.7 Å². The first-order valence-electron chi connectivity index (χ1n) is 6.52. The average molecular weight is 320 g/mol. The quantitative estimate of drug-likeness (QED) is 0.896. The molecular weight excluding hydrogens is 298 g/mol. The van der Waals surface area contributed by atoms with Crippen LogP contribution in [0.5, 0.6) is 0 Å². The van der Waals surface area contributed by atoms with Gasteiger partial charge < -0.3 is 15.4 Å². The van der Waals surface area contributed by atoms with Gasteiger partial charge in [0, 0.05) is 30.1 Å². The number of amides is 1. The normalized spacial score (nSPS) is 19.2. The lowest BCUT2D eigenvalue weighted by atomic mass is 9.96. The van der Waals surface area contributed by atoms with Crippen LogP contribution in [-0.2, 0) is 14.9 Å². The van der Waals surface area contributed by atoms with Gasteiger partial charge in [0.2, 0.25) is 5.91 Å². The molecule has 1 aromatic heterocycles. The van der Waals surface area contributed by atoms with E-state index in [-0.39, 0.29) is 29.8 Å². The topological polar surface area (TPSA) is 63.2 Å². The summed E-state index contributed by atoms with van der Waals surface area (Å²) >= 11 is 1.54. The summed E-state index contributed by atoms with van der Waals surface area (Å²) in [7, 11) is 0. The Labute approximate surface area is 129 Å². The Kier molecular flexibility index (Phi) is 6.39. The van der Waals surface area contributed by atoms with Gasteiger partial charge in [0.05, 0.1) is 13.2 Å². The van der Waals surface area contributed by atoms with Crippen molar-refractivity contribution in [3.8, 4) is 0 Å². The number of thiazole rings is 1. The van der Waals surface area contributed by atoms with E-state index in [2.05, 4.69) is 36.4 Å². The van der Waals surface area contributed by atoms with Gasteiger partial charge in [-0.1, -0.05) is 20.8 Å². The zero-order chi connectivity index (χ0) is 13.9. The molecule has 20 heavy (non-hydrogen) atoms. The number of nitrogens with zero attached hydrogens (tertiary/aromatic N) is 1. The van der Waals surface area contributed by atoms with Crippen molar-refractivity contribution in [2.45, 2.75) is 38.6 Å². The highest BCUT2D eigenvalue weighted by atomic mass is 35.5. The molecule has 1 atom stereocenters. The number of hydrogen-bond acceptors (Lipinski definition) is 5. The summed E-state index contributed by atoms with van der Waals surface area (Å²) in [6.07, 6.45) is 2.26. The summed E-state index contributed by atoms with van der Waals surface area (Å²) in [6.45, 7) is 8.53. The minimum Gasteiger partial charge on any atom is -0.378 e. The predicted molar refractivity (Wildman–Crippen MR) is 83.9 cm³/mol. The lowest BCUT2D eigenvalue weighted by Crippen LogP contribution is -2.43. The van der Waals surface area contributed by atoms with Gasteiger partial charge in [-0.05, 0) is 5.41 Å². The van der Waals surface area contributed by atoms with Crippen molar-refractivity contribution in [2.24, 2.45) is 0 Å². The largest absolute Gasteiger partial charge is 0.378 e. The molecule has 0 saturated carbocycles. The number of hydrogen-bond donors (Lipinski definition) is 2. The molecule has 1 unspecified atom stereocenters. The molecule has 0 radical (unpaired) electrons. The van der Waals surface area contributed by atoms with Crippen LogP contribution in [0.1, 0.15) is 32.1 Å². The van der Waals surface area contributed by atoms with E-state index >= 15 is 0 Å². The summed E-state index contributed by atoms with van der Waals surface area (Å²) < 4.78 is 5.33. The molecule has 0 aromatic carbocycles. The second-order valence-corrected chi connectivity index (χ2v) is 6.79. The van der Waals surface area contributed by atoms with Crippen molar-refractivity contribution in [3.63, 3.8) is 0 Å². The standard InChI is InChI=1S/C13H21N3O2S.ClH/c1-13(2,3)10-7-15-12(19-10)16-11(17)6-9-8-18-5-4-14-9;/h7,9,14H,4-6,8H2,1-3H3,(H,15,16,17);1H. The number of rotatable bonds is 3. The Morgan fingerprint density at radius 3 is 2.90 bits per heavy atom. The van der Waals surface area contributed by atoms with Gasteiger partial charge >= 0.3 is 0 Å². The van der Waals surface area contributed by atoms with Crippen molar-refractivity contribution in [2.75, 3.05) is 25.1 Å². The van der Waals surface area contributed by atoms with Crippen molar-refractivity contribution in [3.05, 3.63) is 11.1 Å². The Balaban J connectivity index is 0.00000200. The predicted octanol–water partition coefficient (Wildman–Crippen LogP) is 2.18. The van der Waals surface area contributed by atoms with Crippen molar-refractivity contribution in [1.29, 1.82) is 0 Å². The minimum atomic E-state index is -0.0159. The third kappa shape index (κ3) is 5.01. The molecule has 0 spiro atoms. The molecule has 0 bridgehead atoms. The SMILES string of the molecule is CC(C)(C)c1cnc(NC(=O)CC2COCCN2)s1.Cl. The second-order valence-electron chi connectivity index (χ2n) is 5.76. The monoisotopic (exact) mass is 319 g/mol. The van der Waals surface area contributed by atoms with Crippen LogP contribution >= 0.6 is 23.7 Å². The number of halogens is 1.